The highest BCUT2D eigenvalue weighted by molar-refractivity contribution is 6.45. The summed E-state index contributed by atoms with van der Waals surface area (Å²) in [5, 5.41) is 11.7. The van der Waals surface area contributed by atoms with E-state index in [-0.39, 0.29) is 7.05 Å². The van der Waals surface area contributed by atoms with E-state index in [1.54, 1.807) is 6.82 Å². The molecule has 8 heavy (non-hydrogen) atoms. The number of hydrogen-bond donors (Lipinski definition) is 2. The van der Waals surface area contributed by atoms with E-state index in [9.17, 15) is 0 Å². The van der Waals surface area contributed by atoms with Crippen LogP contribution in [0.1, 0.15) is 20.3 Å². The minimum absolute atomic E-state index is 0.370. The SMILES string of the molecule is CC[C@H](C)NB(C)O. The van der Waals surface area contributed by atoms with Gasteiger partial charge < -0.3 is 10.3 Å². The summed E-state index contributed by atoms with van der Waals surface area (Å²) in [6.45, 7) is 5.86. The predicted octanol–water partition coefficient (Wildman–Crippen LogP) is 0.485. The molecule has 2 nitrogen and oxygen atoms in total. The van der Waals surface area contributed by atoms with Gasteiger partial charge in [0.05, 0.1) is 0 Å². The number of nitrogens with one attached hydrogen (secondary N) is 1. The van der Waals surface area contributed by atoms with Crippen LogP contribution in [0.2, 0.25) is 6.82 Å². The molecular weight excluding hydrogens is 101 g/mol. The Morgan fingerprint density at radius 3 is 2.38 bits per heavy atom. The van der Waals surface area contributed by atoms with Crippen LogP contribution in [0.25, 0.3) is 0 Å². The third-order valence-corrected chi connectivity index (χ3v) is 1.14. The van der Waals surface area contributed by atoms with Crippen molar-refractivity contribution in [1.29, 1.82) is 0 Å². The lowest BCUT2D eigenvalue weighted by Crippen LogP contribution is -2.37. The van der Waals surface area contributed by atoms with Gasteiger partial charge in [-0.05, 0) is 19.3 Å². The van der Waals surface area contributed by atoms with E-state index in [1.165, 1.54) is 0 Å². The highest BCUT2D eigenvalue weighted by Gasteiger charge is 2.04. The Balaban J connectivity index is 3.10. The molecule has 0 spiro atoms. The maximum absolute atomic E-state index is 8.74. The van der Waals surface area contributed by atoms with Crippen LogP contribution in [0.15, 0.2) is 0 Å². The lowest BCUT2D eigenvalue weighted by molar-refractivity contribution is 0.522. The summed E-state index contributed by atoms with van der Waals surface area (Å²) in [5.41, 5.74) is 0. The minimum Gasteiger partial charge on any atom is -0.437 e. The maximum Gasteiger partial charge on any atom is 0.373 e. The van der Waals surface area contributed by atoms with Crippen molar-refractivity contribution in [1.82, 2.24) is 5.23 Å². The molecule has 0 aliphatic heterocycles. The van der Waals surface area contributed by atoms with E-state index in [0.29, 0.717) is 6.04 Å². The molecule has 0 aliphatic carbocycles. The first-order chi connectivity index (χ1) is 3.66. The van der Waals surface area contributed by atoms with E-state index in [2.05, 4.69) is 12.2 Å². The van der Waals surface area contributed by atoms with Crippen molar-refractivity contribution in [2.75, 3.05) is 0 Å². The van der Waals surface area contributed by atoms with Gasteiger partial charge in [-0.2, -0.15) is 0 Å². The van der Waals surface area contributed by atoms with Crippen molar-refractivity contribution in [3.05, 3.63) is 0 Å². The Labute approximate surface area is 51.4 Å². The van der Waals surface area contributed by atoms with E-state index < -0.39 is 0 Å². The Bertz CT molecular complexity index is 58.4. The molecule has 0 saturated heterocycles. The zero-order chi connectivity index (χ0) is 6.57. The van der Waals surface area contributed by atoms with E-state index in [0.717, 1.165) is 6.42 Å². The number of hydrogen-bond acceptors (Lipinski definition) is 2. The highest BCUT2D eigenvalue weighted by atomic mass is 16.2. The summed E-state index contributed by atoms with van der Waals surface area (Å²) in [6, 6.07) is 0.426. The molecule has 0 unspecified atom stereocenters. The smallest absolute Gasteiger partial charge is 0.373 e. The Morgan fingerprint density at radius 2 is 2.25 bits per heavy atom. The van der Waals surface area contributed by atoms with Gasteiger partial charge in [0.15, 0.2) is 0 Å². The average molecular weight is 115 g/mol. The van der Waals surface area contributed by atoms with Crippen molar-refractivity contribution < 1.29 is 5.02 Å². The standard InChI is InChI=1S/C5H14BNO/c1-4-5(2)7-6(3)8/h5,7-8H,4H2,1-3H3/t5-/m0/s1. The molecule has 0 bridgehead atoms. The Kier molecular flexibility index (Phi) is 3.92. The summed E-state index contributed by atoms with van der Waals surface area (Å²) in [6.07, 6.45) is 1.06. The van der Waals surface area contributed by atoms with Gasteiger partial charge in [0.1, 0.15) is 0 Å². The first kappa shape index (κ1) is 7.98. The molecule has 0 amide bonds. The van der Waals surface area contributed by atoms with Gasteiger partial charge in [-0.3, -0.25) is 0 Å². The first-order valence-electron chi connectivity index (χ1n) is 3.11. The fourth-order valence-electron chi connectivity index (χ4n) is 0.530. The van der Waals surface area contributed by atoms with Gasteiger partial charge in [-0.15, -0.1) is 0 Å². The third kappa shape index (κ3) is 4.15. The Hall–Kier alpha value is -0.0151. The van der Waals surface area contributed by atoms with Crippen molar-refractivity contribution in [3.8, 4) is 0 Å². The van der Waals surface area contributed by atoms with Crippen LogP contribution in [-0.2, 0) is 0 Å². The Morgan fingerprint density at radius 1 is 1.75 bits per heavy atom. The third-order valence-electron chi connectivity index (χ3n) is 1.14. The predicted molar refractivity (Wildman–Crippen MR) is 36.7 cm³/mol. The van der Waals surface area contributed by atoms with E-state index >= 15 is 0 Å². The fraction of sp³-hybridized carbons (Fsp3) is 1.00. The van der Waals surface area contributed by atoms with Crippen LogP contribution < -0.4 is 5.23 Å². The van der Waals surface area contributed by atoms with Gasteiger partial charge >= 0.3 is 7.05 Å². The van der Waals surface area contributed by atoms with Crippen molar-refractivity contribution in [3.63, 3.8) is 0 Å². The monoisotopic (exact) mass is 115 g/mol. The number of rotatable bonds is 3. The summed E-state index contributed by atoms with van der Waals surface area (Å²) < 4.78 is 0. The molecule has 1 atom stereocenters. The fourth-order valence-corrected chi connectivity index (χ4v) is 0.530. The van der Waals surface area contributed by atoms with Crippen LogP contribution in [0, 0.1) is 0 Å². The minimum atomic E-state index is -0.370. The van der Waals surface area contributed by atoms with Gasteiger partial charge in [-0.25, -0.2) is 0 Å². The molecule has 3 heteroatoms. The zero-order valence-corrected chi connectivity index (χ0v) is 5.81. The molecule has 0 aromatic heterocycles. The molecule has 48 valence electrons. The van der Waals surface area contributed by atoms with E-state index in [1.807, 2.05) is 6.92 Å². The summed E-state index contributed by atoms with van der Waals surface area (Å²) in [5.74, 6) is 0. The van der Waals surface area contributed by atoms with Crippen molar-refractivity contribution in [2.24, 2.45) is 0 Å². The van der Waals surface area contributed by atoms with Gasteiger partial charge in [0.2, 0.25) is 0 Å². The van der Waals surface area contributed by atoms with Crippen LogP contribution in [0.5, 0.6) is 0 Å². The molecule has 0 fully saturated rings. The lowest BCUT2D eigenvalue weighted by atomic mass is 9.87. The second-order valence-corrected chi connectivity index (χ2v) is 2.15. The summed E-state index contributed by atoms with van der Waals surface area (Å²) in [7, 11) is -0.370. The summed E-state index contributed by atoms with van der Waals surface area (Å²) in [4.78, 5) is 0. The van der Waals surface area contributed by atoms with Gasteiger partial charge in [0, 0.05) is 0 Å². The second kappa shape index (κ2) is 3.92. The van der Waals surface area contributed by atoms with E-state index in [4.69, 9.17) is 5.02 Å². The lowest BCUT2D eigenvalue weighted by Gasteiger charge is -2.09. The molecular formula is C5H14BNO. The highest BCUT2D eigenvalue weighted by Crippen LogP contribution is 1.86. The topological polar surface area (TPSA) is 32.3 Å². The molecule has 0 saturated carbocycles. The average Bonchev–Trinajstić information content (AvgIpc) is 1.65. The second-order valence-electron chi connectivity index (χ2n) is 2.15. The molecule has 0 aromatic carbocycles. The first-order valence-corrected chi connectivity index (χ1v) is 3.11. The van der Waals surface area contributed by atoms with Gasteiger partial charge in [0.25, 0.3) is 0 Å². The zero-order valence-electron chi connectivity index (χ0n) is 5.81. The van der Waals surface area contributed by atoms with Crippen LogP contribution in [0.4, 0.5) is 0 Å². The largest absolute Gasteiger partial charge is 0.437 e. The summed E-state index contributed by atoms with van der Waals surface area (Å²) >= 11 is 0. The molecule has 0 radical (unpaired) electrons. The van der Waals surface area contributed by atoms with Crippen LogP contribution in [0.3, 0.4) is 0 Å². The molecule has 0 rings (SSSR count). The molecule has 0 aliphatic rings. The van der Waals surface area contributed by atoms with Crippen LogP contribution >= 0.6 is 0 Å². The maximum atomic E-state index is 8.74. The van der Waals surface area contributed by atoms with Crippen molar-refractivity contribution in [2.45, 2.75) is 33.1 Å². The van der Waals surface area contributed by atoms with Crippen LogP contribution in [-0.4, -0.2) is 18.1 Å². The van der Waals surface area contributed by atoms with Gasteiger partial charge in [-0.1, -0.05) is 13.8 Å². The normalized spacial score (nSPS) is 13.5. The molecule has 2 N–H and O–H groups in total. The quantitative estimate of drug-likeness (QED) is 0.524. The molecule has 0 aromatic rings. The van der Waals surface area contributed by atoms with Crippen molar-refractivity contribution >= 4 is 7.05 Å². The molecule has 0 heterocycles.